The Labute approximate surface area is 163 Å². The number of nitrogens with one attached hydrogen (secondary N) is 1. The molecule has 0 aliphatic carbocycles. The lowest BCUT2D eigenvalue weighted by Gasteiger charge is -2.31. The van der Waals surface area contributed by atoms with Crippen molar-refractivity contribution in [1.82, 2.24) is 9.62 Å². The van der Waals surface area contributed by atoms with Gasteiger partial charge in [0.25, 0.3) is 10.0 Å². The second kappa shape index (κ2) is 8.08. The second-order valence-corrected chi connectivity index (χ2v) is 9.97. The van der Waals surface area contributed by atoms with E-state index in [1.54, 1.807) is 23.6 Å². The van der Waals surface area contributed by atoms with Crippen LogP contribution in [0.2, 0.25) is 5.02 Å². The molecular formula is C18H21ClN2O3S2. The van der Waals surface area contributed by atoms with Crippen molar-refractivity contribution in [2.45, 2.75) is 30.0 Å². The summed E-state index contributed by atoms with van der Waals surface area (Å²) in [5.74, 6) is -0.469. The number of amides is 1. The van der Waals surface area contributed by atoms with E-state index in [2.05, 4.69) is 5.32 Å². The van der Waals surface area contributed by atoms with Crippen molar-refractivity contribution in [3.05, 3.63) is 52.4 Å². The minimum Gasteiger partial charge on any atom is -0.349 e. The Morgan fingerprint density at radius 1 is 1.35 bits per heavy atom. The van der Waals surface area contributed by atoms with Gasteiger partial charge in [0.1, 0.15) is 4.21 Å². The summed E-state index contributed by atoms with van der Waals surface area (Å²) in [6.07, 6.45) is 1.36. The van der Waals surface area contributed by atoms with Crippen molar-refractivity contribution in [2.24, 2.45) is 5.92 Å². The average Bonchev–Trinajstić information content (AvgIpc) is 3.17. The number of carbonyl (C=O) groups excluding carboxylic acids is 1. The SMILES string of the molecule is C[C@H](NC(=O)[C@@H]1CCCN(S(=O)(=O)c2cccs2)C1)c1cccc(Cl)c1. The lowest BCUT2D eigenvalue weighted by atomic mass is 9.98. The Kier molecular flexibility index (Phi) is 6.02. The molecule has 5 nitrogen and oxygen atoms in total. The monoisotopic (exact) mass is 412 g/mol. The molecule has 3 rings (SSSR count). The molecule has 0 spiro atoms. The minimum absolute atomic E-state index is 0.122. The summed E-state index contributed by atoms with van der Waals surface area (Å²) >= 11 is 7.21. The first kappa shape index (κ1) is 19.4. The summed E-state index contributed by atoms with van der Waals surface area (Å²) < 4.78 is 27.1. The van der Waals surface area contributed by atoms with Crippen LogP contribution in [0.5, 0.6) is 0 Å². The number of piperidine rings is 1. The first-order chi connectivity index (χ1) is 12.4. The van der Waals surface area contributed by atoms with E-state index in [0.29, 0.717) is 28.6 Å². The number of hydrogen-bond donors (Lipinski definition) is 1. The van der Waals surface area contributed by atoms with Gasteiger partial charge in [0, 0.05) is 18.1 Å². The standard InChI is InChI=1S/C18H21ClN2O3S2/c1-13(14-5-2-7-16(19)11-14)20-18(22)15-6-3-9-21(12-15)26(23,24)17-8-4-10-25-17/h2,4-5,7-8,10-11,13,15H,3,6,9,12H2,1H3,(H,20,22)/t13-,15+/m0/s1. The first-order valence-corrected chi connectivity index (χ1v) is 11.2. The third kappa shape index (κ3) is 4.28. The van der Waals surface area contributed by atoms with Gasteiger partial charge in [-0.05, 0) is 48.9 Å². The summed E-state index contributed by atoms with van der Waals surface area (Å²) in [6.45, 7) is 2.56. The molecule has 0 saturated carbocycles. The van der Waals surface area contributed by atoms with E-state index in [9.17, 15) is 13.2 Å². The predicted molar refractivity (Wildman–Crippen MR) is 104 cm³/mol. The van der Waals surface area contributed by atoms with Crippen molar-refractivity contribution >= 4 is 38.9 Å². The largest absolute Gasteiger partial charge is 0.349 e. The van der Waals surface area contributed by atoms with E-state index in [1.165, 1.54) is 15.6 Å². The van der Waals surface area contributed by atoms with E-state index in [-0.39, 0.29) is 24.4 Å². The third-order valence-corrected chi connectivity index (χ3v) is 8.02. The Balaban J connectivity index is 1.66. The van der Waals surface area contributed by atoms with Crippen LogP contribution >= 0.6 is 22.9 Å². The van der Waals surface area contributed by atoms with Gasteiger partial charge >= 0.3 is 0 Å². The number of rotatable bonds is 5. The zero-order valence-corrected chi connectivity index (χ0v) is 16.8. The highest BCUT2D eigenvalue weighted by atomic mass is 35.5. The van der Waals surface area contributed by atoms with Crippen LogP contribution in [-0.2, 0) is 14.8 Å². The van der Waals surface area contributed by atoms with Gasteiger partial charge in [-0.3, -0.25) is 4.79 Å². The van der Waals surface area contributed by atoms with E-state index < -0.39 is 10.0 Å². The van der Waals surface area contributed by atoms with E-state index in [4.69, 9.17) is 11.6 Å². The third-order valence-electron chi connectivity index (χ3n) is 4.55. The Morgan fingerprint density at radius 2 is 2.15 bits per heavy atom. The van der Waals surface area contributed by atoms with Gasteiger partial charge < -0.3 is 5.32 Å². The smallest absolute Gasteiger partial charge is 0.252 e. The summed E-state index contributed by atoms with van der Waals surface area (Å²) in [6, 6.07) is 10.5. The highest BCUT2D eigenvalue weighted by molar-refractivity contribution is 7.91. The topological polar surface area (TPSA) is 66.5 Å². The van der Waals surface area contributed by atoms with Crippen LogP contribution in [0.25, 0.3) is 0 Å². The second-order valence-electron chi connectivity index (χ2n) is 6.42. The highest BCUT2D eigenvalue weighted by Crippen LogP contribution is 2.27. The molecule has 1 aliphatic heterocycles. The zero-order valence-electron chi connectivity index (χ0n) is 14.4. The van der Waals surface area contributed by atoms with Crippen LogP contribution in [0, 0.1) is 5.92 Å². The van der Waals surface area contributed by atoms with Crippen LogP contribution in [-0.4, -0.2) is 31.7 Å². The summed E-state index contributed by atoms with van der Waals surface area (Å²) in [4.78, 5) is 12.7. The van der Waals surface area contributed by atoms with Crippen LogP contribution in [0.3, 0.4) is 0 Å². The van der Waals surface area contributed by atoms with Crippen molar-refractivity contribution in [3.8, 4) is 0 Å². The number of benzene rings is 1. The van der Waals surface area contributed by atoms with Crippen molar-refractivity contribution < 1.29 is 13.2 Å². The molecule has 0 unspecified atom stereocenters. The maximum Gasteiger partial charge on any atom is 0.252 e. The number of thiophene rings is 1. The van der Waals surface area contributed by atoms with Gasteiger partial charge in [-0.2, -0.15) is 4.31 Å². The Bertz CT molecular complexity index is 868. The van der Waals surface area contributed by atoms with Gasteiger partial charge in [0.15, 0.2) is 0 Å². The average molecular weight is 413 g/mol. The number of nitrogens with zero attached hydrogens (tertiary/aromatic N) is 1. The molecule has 1 N–H and O–H groups in total. The molecule has 140 valence electrons. The molecular weight excluding hydrogens is 392 g/mol. The molecule has 0 radical (unpaired) electrons. The molecule has 2 atom stereocenters. The van der Waals surface area contributed by atoms with E-state index in [0.717, 1.165) is 5.56 Å². The first-order valence-electron chi connectivity index (χ1n) is 8.47. The van der Waals surface area contributed by atoms with Gasteiger partial charge in [0.05, 0.1) is 12.0 Å². The lowest BCUT2D eigenvalue weighted by molar-refractivity contribution is -0.126. The van der Waals surface area contributed by atoms with Gasteiger partial charge in [-0.15, -0.1) is 11.3 Å². The predicted octanol–water partition coefficient (Wildman–Crippen LogP) is 3.68. The molecule has 1 amide bonds. The van der Waals surface area contributed by atoms with Crippen LogP contribution < -0.4 is 5.32 Å². The van der Waals surface area contributed by atoms with Crippen molar-refractivity contribution in [1.29, 1.82) is 0 Å². The van der Waals surface area contributed by atoms with E-state index in [1.807, 2.05) is 25.1 Å². The van der Waals surface area contributed by atoms with Crippen molar-refractivity contribution in [3.63, 3.8) is 0 Å². The maximum atomic E-state index is 12.7. The van der Waals surface area contributed by atoms with Gasteiger partial charge in [-0.1, -0.05) is 29.8 Å². The van der Waals surface area contributed by atoms with Gasteiger partial charge in [0.2, 0.25) is 5.91 Å². The summed E-state index contributed by atoms with van der Waals surface area (Å²) in [7, 11) is -3.52. The zero-order chi connectivity index (χ0) is 18.7. The number of sulfonamides is 1. The molecule has 1 aromatic carbocycles. The van der Waals surface area contributed by atoms with E-state index >= 15 is 0 Å². The number of halogens is 1. The number of hydrogen-bond acceptors (Lipinski definition) is 4. The molecule has 2 aromatic rings. The fourth-order valence-electron chi connectivity index (χ4n) is 3.10. The summed E-state index contributed by atoms with van der Waals surface area (Å²) in [5, 5.41) is 5.35. The molecule has 26 heavy (non-hydrogen) atoms. The highest BCUT2D eigenvalue weighted by Gasteiger charge is 2.34. The molecule has 1 saturated heterocycles. The molecule has 1 aliphatic rings. The molecule has 1 aromatic heterocycles. The molecule has 0 bridgehead atoms. The minimum atomic E-state index is -3.52. The normalized spacial score (nSPS) is 19.8. The van der Waals surface area contributed by atoms with Crippen LogP contribution in [0.15, 0.2) is 46.0 Å². The quantitative estimate of drug-likeness (QED) is 0.814. The lowest BCUT2D eigenvalue weighted by Crippen LogP contribution is -2.45. The Morgan fingerprint density at radius 3 is 2.85 bits per heavy atom. The van der Waals surface area contributed by atoms with Gasteiger partial charge in [-0.25, -0.2) is 8.42 Å². The fourth-order valence-corrected chi connectivity index (χ4v) is 5.97. The fraction of sp³-hybridized carbons (Fsp3) is 0.389. The molecule has 2 heterocycles. The maximum absolute atomic E-state index is 12.7. The molecule has 8 heteroatoms. The number of carbonyl (C=O) groups is 1. The summed E-state index contributed by atoms with van der Waals surface area (Å²) in [5.41, 5.74) is 0.921. The molecule has 1 fully saturated rings. The Hall–Kier alpha value is -1.41. The van der Waals surface area contributed by atoms with Crippen LogP contribution in [0.4, 0.5) is 0 Å². The van der Waals surface area contributed by atoms with Crippen LogP contribution in [0.1, 0.15) is 31.4 Å². The van der Waals surface area contributed by atoms with Crippen molar-refractivity contribution in [2.75, 3.05) is 13.1 Å².